The molecule has 2 N–H and O–H groups in total. The molecule has 2 atom stereocenters. The number of amides is 1. The second kappa shape index (κ2) is 11.5. The summed E-state index contributed by atoms with van der Waals surface area (Å²) in [4.78, 5) is 27.4. The molecule has 0 aromatic heterocycles. The first-order chi connectivity index (χ1) is 16.5. The van der Waals surface area contributed by atoms with E-state index in [0.717, 1.165) is 31.5 Å². The molecule has 2 aromatic rings. The maximum Gasteiger partial charge on any atom is 0.220 e. The van der Waals surface area contributed by atoms with E-state index in [9.17, 15) is 14.7 Å². The fraction of sp³-hybridized carbons (Fsp3) is 0.481. The van der Waals surface area contributed by atoms with E-state index < -0.39 is 12.1 Å². The number of rotatable bonds is 10. The molecule has 2 heterocycles. The van der Waals surface area contributed by atoms with E-state index in [4.69, 9.17) is 9.47 Å². The highest BCUT2D eigenvalue weighted by molar-refractivity contribution is 5.96. The van der Waals surface area contributed by atoms with Crippen molar-refractivity contribution in [1.82, 2.24) is 10.2 Å². The van der Waals surface area contributed by atoms with E-state index in [1.54, 1.807) is 12.1 Å². The lowest BCUT2D eigenvalue weighted by Gasteiger charge is -2.29. The molecular weight excluding hydrogens is 432 g/mol. The Kier molecular flexibility index (Phi) is 8.19. The minimum Gasteiger partial charge on any atom is -0.486 e. The van der Waals surface area contributed by atoms with Crippen molar-refractivity contribution in [1.29, 1.82) is 0 Å². The molecule has 1 fully saturated rings. The number of benzene rings is 2. The van der Waals surface area contributed by atoms with E-state index >= 15 is 0 Å². The molecule has 0 saturated carbocycles. The summed E-state index contributed by atoms with van der Waals surface area (Å²) in [6.45, 7) is 5.47. The van der Waals surface area contributed by atoms with Crippen LogP contribution in [0.3, 0.4) is 0 Å². The maximum absolute atomic E-state index is 12.8. The molecule has 2 aliphatic rings. The number of Topliss-reactive ketones (excluding diaryl/α,β-unsaturated/α-hetero) is 1. The van der Waals surface area contributed by atoms with Crippen molar-refractivity contribution < 1.29 is 24.2 Å². The van der Waals surface area contributed by atoms with Gasteiger partial charge in [0.25, 0.3) is 0 Å². The first kappa shape index (κ1) is 24.2. The second-order valence-electron chi connectivity index (χ2n) is 9.17. The number of aryl methyl sites for hydroxylation is 1. The van der Waals surface area contributed by atoms with E-state index in [2.05, 4.69) is 10.2 Å². The molecule has 4 rings (SSSR count). The number of likely N-dealkylation sites (tertiary alicyclic amines) is 1. The van der Waals surface area contributed by atoms with Gasteiger partial charge in [-0.25, -0.2) is 0 Å². The Morgan fingerprint density at radius 1 is 1.00 bits per heavy atom. The predicted octanol–water partition coefficient (Wildman–Crippen LogP) is 3.43. The molecule has 0 aliphatic carbocycles. The highest BCUT2D eigenvalue weighted by Crippen LogP contribution is 2.33. The van der Waals surface area contributed by atoms with Crippen LogP contribution < -0.4 is 14.8 Å². The number of nitrogens with one attached hydrogen (secondary N) is 1. The van der Waals surface area contributed by atoms with E-state index in [1.165, 1.54) is 0 Å². The highest BCUT2D eigenvalue weighted by atomic mass is 16.6. The highest BCUT2D eigenvalue weighted by Gasteiger charge is 2.27. The van der Waals surface area contributed by atoms with Crippen LogP contribution in [0.5, 0.6) is 11.5 Å². The topological polar surface area (TPSA) is 88.1 Å². The molecule has 7 heteroatoms. The zero-order chi connectivity index (χ0) is 23.9. The average molecular weight is 467 g/mol. The summed E-state index contributed by atoms with van der Waals surface area (Å²) in [5.41, 5.74) is 2.46. The molecule has 1 saturated heterocycles. The fourth-order valence-electron chi connectivity index (χ4n) is 4.52. The van der Waals surface area contributed by atoms with Crippen LogP contribution in [0, 0.1) is 6.92 Å². The molecule has 34 heavy (non-hydrogen) atoms. The molecule has 0 spiro atoms. The minimum atomic E-state index is -0.880. The van der Waals surface area contributed by atoms with Crippen LogP contribution in [0.15, 0.2) is 42.5 Å². The number of aliphatic hydroxyl groups excluding tert-OH is 1. The molecule has 7 nitrogen and oxygen atoms in total. The second-order valence-corrected chi connectivity index (χ2v) is 9.17. The van der Waals surface area contributed by atoms with Crippen molar-refractivity contribution in [2.75, 3.05) is 32.8 Å². The number of ketones is 1. The van der Waals surface area contributed by atoms with Gasteiger partial charge < -0.3 is 24.8 Å². The van der Waals surface area contributed by atoms with Gasteiger partial charge in [0.15, 0.2) is 17.3 Å². The van der Waals surface area contributed by atoms with Crippen LogP contribution in [0.1, 0.15) is 59.7 Å². The van der Waals surface area contributed by atoms with E-state index in [-0.39, 0.29) is 18.1 Å². The fourth-order valence-corrected chi connectivity index (χ4v) is 4.52. The van der Waals surface area contributed by atoms with Crippen molar-refractivity contribution in [2.24, 2.45) is 0 Å². The van der Waals surface area contributed by atoms with Crippen LogP contribution in [0.4, 0.5) is 0 Å². The Labute approximate surface area is 201 Å². The molecule has 0 radical (unpaired) electrons. The third-order valence-electron chi connectivity index (χ3n) is 6.47. The number of ether oxygens (including phenoxy) is 2. The molecule has 1 amide bonds. The first-order valence-electron chi connectivity index (χ1n) is 12.2. The number of hydrogen-bond donors (Lipinski definition) is 2. The van der Waals surface area contributed by atoms with Crippen molar-refractivity contribution in [3.8, 4) is 11.5 Å². The molecule has 2 aliphatic heterocycles. The SMILES string of the molecule is Cc1ccc(C(=O)CCCC(=O)N[C@H](CN2CCCC2)[C@@H](O)c2ccc3c(c2)OCCO3)cc1. The molecular formula is C27H34N2O5. The van der Waals surface area contributed by atoms with Gasteiger partial charge in [0, 0.05) is 24.9 Å². The minimum absolute atomic E-state index is 0.0396. The van der Waals surface area contributed by atoms with E-state index in [1.807, 2.05) is 37.3 Å². The zero-order valence-electron chi connectivity index (χ0n) is 19.8. The van der Waals surface area contributed by atoms with Crippen molar-refractivity contribution >= 4 is 11.7 Å². The Morgan fingerprint density at radius 3 is 2.44 bits per heavy atom. The lowest BCUT2D eigenvalue weighted by Crippen LogP contribution is -2.46. The lowest BCUT2D eigenvalue weighted by molar-refractivity contribution is -0.123. The number of aliphatic hydroxyl groups is 1. The van der Waals surface area contributed by atoms with Crippen LogP contribution >= 0.6 is 0 Å². The lowest BCUT2D eigenvalue weighted by atomic mass is 10.00. The monoisotopic (exact) mass is 466 g/mol. The Morgan fingerprint density at radius 2 is 1.71 bits per heavy atom. The third-order valence-corrected chi connectivity index (χ3v) is 6.47. The van der Waals surface area contributed by atoms with Crippen LogP contribution in [-0.2, 0) is 4.79 Å². The van der Waals surface area contributed by atoms with Crippen LogP contribution in [-0.4, -0.2) is 60.6 Å². The van der Waals surface area contributed by atoms with Gasteiger partial charge in [-0.1, -0.05) is 35.9 Å². The largest absolute Gasteiger partial charge is 0.486 e. The van der Waals surface area contributed by atoms with Gasteiger partial charge in [0.1, 0.15) is 19.3 Å². The van der Waals surface area contributed by atoms with Crippen molar-refractivity contribution in [3.63, 3.8) is 0 Å². The number of carbonyl (C=O) groups is 2. The standard InChI is InChI=1S/C27H34N2O5/c1-19-7-9-20(10-8-19)23(30)5-4-6-26(31)28-22(18-29-13-2-3-14-29)27(32)21-11-12-24-25(17-21)34-16-15-33-24/h7-12,17,22,27,32H,2-6,13-16,18H2,1H3,(H,28,31)/t22-,27+/m1/s1. The number of fused-ring (bicyclic) bond motifs is 1. The first-order valence-corrected chi connectivity index (χ1v) is 12.2. The quantitative estimate of drug-likeness (QED) is 0.522. The summed E-state index contributed by atoms with van der Waals surface area (Å²) in [5.74, 6) is 1.17. The van der Waals surface area contributed by atoms with Gasteiger partial charge in [-0.15, -0.1) is 0 Å². The summed E-state index contributed by atoms with van der Waals surface area (Å²) < 4.78 is 11.2. The predicted molar refractivity (Wildman–Crippen MR) is 129 cm³/mol. The maximum atomic E-state index is 12.8. The zero-order valence-corrected chi connectivity index (χ0v) is 19.8. The smallest absolute Gasteiger partial charge is 0.220 e. The van der Waals surface area contributed by atoms with E-state index in [0.29, 0.717) is 55.2 Å². The van der Waals surface area contributed by atoms with Gasteiger partial charge in [0.05, 0.1) is 6.04 Å². The molecule has 0 bridgehead atoms. The van der Waals surface area contributed by atoms with Crippen LogP contribution in [0.2, 0.25) is 0 Å². The van der Waals surface area contributed by atoms with Gasteiger partial charge in [-0.3, -0.25) is 9.59 Å². The Bertz CT molecular complexity index is 985. The Hall–Kier alpha value is -2.90. The van der Waals surface area contributed by atoms with Crippen LogP contribution in [0.25, 0.3) is 0 Å². The van der Waals surface area contributed by atoms with Gasteiger partial charge in [-0.2, -0.15) is 0 Å². The summed E-state index contributed by atoms with van der Waals surface area (Å²) in [7, 11) is 0. The summed E-state index contributed by atoms with van der Waals surface area (Å²) in [5, 5.41) is 14.2. The normalized spacial score (nSPS) is 17.2. The third kappa shape index (κ3) is 6.36. The van der Waals surface area contributed by atoms with Gasteiger partial charge in [-0.05, 0) is 57.0 Å². The molecule has 2 aromatic carbocycles. The molecule has 0 unspecified atom stereocenters. The molecule has 182 valence electrons. The average Bonchev–Trinajstić information content (AvgIpc) is 3.36. The summed E-state index contributed by atoms with van der Waals surface area (Å²) in [6, 6.07) is 12.5. The number of carbonyl (C=O) groups excluding carboxylic acids is 2. The summed E-state index contributed by atoms with van der Waals surface area (Å²) in [6.07, 6.45) is 2.40. The summed E-state index contributed by atoms with van der Waals surface area (Å²) >= 11 is 0. The van der Waals surface area contributed by atoms with Gasteiger partial charge in [0.2, 0.25) is 5.91 Å². The van der Waals surface area contributed by atoms with Crippen molar-refractivity contribution in [2.45, 2.75) is 51.2 Å². The Balaban J connectivity index is 1.35. The van der Waals surface area contributed by atoms with Gasteiger partial charge >= 0.3 is 0 Å². The van der Waals surface area contributed by atoms with Crippen molar-refractivity contribution in [3.05, 3.63) is 59.2 Å². The number of hydrogen-bond acceptors (Lipinski definition) is 6. The number of nitrogens with zero attached hydrogens (tertiary/aromatic N) is 1.